The number of hydrogen-bond donors (Lipinski definition) is 1. The number of hydrogen-bond acceptors (Lipinski definition) is 4. The zero-order chi connectivity index (χ0) is 13.7. The summed E-state index contributed by atoms with van der Waals surface area (Å²) in [5.41, 5.74) is 1.18. The number of nitrogens with one attached hydrogen (secondary N) is 1. The summed E-state index contributed by atoms with van der Waals surface area (Å²) in [5.74, 6) is -0.354. The van der Waals surface area contributed by atoms with Gasteiger partial charge in [0.05, 0.1) is 5.75 Å². The van der Waals surface area contributed by atoms with Gasteiger partial charge in [0.2, 0.25) is 0 Å². The lowest BCUT2D eigenvalue weighted by Crippen LogP contribution is -2.30. The highest BCUT2D eigenvalue weighted by Crippen LogP contribution is 2.19. The van der Waals surface area contributed by atoms with Crippen LogP contribution in [0.25, 0.3) is 0 Å². The molecule has 1 fully saturated rings. The van der Waals surface area contributed by atoms with Gasteiger partial charge in [-0.1, -0.05) is 17.7 Å². The Morgan fingerprint density at radius 2 is 2.00 bits per heavy atom. The van der Waals surface area contributed by atoms with Gasteiger partial charge in [0, 0.05) is 10.9 Å². The molecule has 0 unspecified atom stereocenters. The molecular weight excluding hydrogens is 262 g/mol. The summed E-state index contributed by atoms with van der Waals surface area (Å²) in [4.78, 5) is 23.8. The first kappa shape index (κ1) is 13.9. The Morgan fingerprint density at radius 1 is 1.32 bits per heavy atom. The molecule has 0 aliphatic heterocycles. The Morgan fingerprint density at radius 3 is 2.63 bits per heavy atom. The van der Waals surface area contributed by atoms with Crippen LogP contribution < -0.4 is 5.32 Å². The highest BCUT2D eigenvalue weighted by atomic mass is 32.2. The molecule has 2 rings (SSSR count). The summed E-state index contributed by atoms with van der Waals surface area (Å²) in [6, 6.07) is 8.22. The smallest absolute Gasteiger partial charge is 0.316 e. The Labute approximate surface area is 116 Å². The van der Waals surface area contributed by atoms with Crippen molar-refractivity contribution in [2.75, 3.05) is 12.4 Å². The van der Waals surface area contributed by atoms with Gasteiger partial charge in [-0.15, -0.1) is 11.8 Å². The zero-order valence-corrected chi connectivity index (χ0v) is 11.7. The Hall–Kier alpha value is -1.49. The van der Waals surface area contributed by atoms with Gasteiger partial charge in [-0.3, -0.25) is 9.59 Å². The number of carbonyl (C=O) groups is 2. The van der Waals surface area contributed by atoms with Crippen molar-refractivity contribution < 1.29 is 14.3 Å². The largest absolute Gasteiger partial charge is 0.455 e. The van der Waals surface area contributed by atoms with Crippen molar-refractivity contribution in [3.63, 3.8) is 0 Å². The molecule has 1 amide bonds. The van der Waals surface area contributed by atoms with E-state index in [4.69, 9.17) is 4.74 Å². The van der Waals surface area contributed by atoms with Crippen molar-refractivity contribution in [1.29, 1.82) is 0 Å². The number of carbonyl (C=O) groups excluding carboxylic acids is 2. The van der Waals surface area contributed by atoms with E-state index in [2.05, 4.69) is 5.32 Å². The molecule has 0 atom stereocenters. The molecule has 1 aliphatic rings. The monoisotopic (exact) mass is 279 g/mol. The summed E-state index contributed by atoms with van der Waals surface area (Å²) in [7, 11) is 0. The molecule has 19 heavy (non-hydrogen) atoms. The summed E-state index contributed by atoms with van der Waals surface area (Å²) in [6.07, 6.45) is 2.06. The Kier molecular flexibility index (Phi) is 4.85. The maximum absolute atomic E-state index is 11.5. The maximum atomic E-state index is 11.5. The normalized spacial score (nSPS) is 13.9. The van der Waals surface area contributed by atoms with Gasteiger partial charge < -0.3 is 10.1 Å². The van der Waals surface area contributed by atoms with Crippen LogP contribution in [-0.2, 0) is 14.3 Å². The Bertz CT molecular complexity index is 454. The molecule has 4 nitrogen and oxygen atoms in total. The standard InChI is InChI=1S/C14H17NO3S/c1-10-2-6-12(7-3-10)19-9-14(17)18-8-13(16)15-11-4-5-11/h2-3,6-7,11H,4-5,8-9H2,1H3,(H,15,16). The molecule has 5 heteroatoms. The lowest BCUT2D eigenvalue weighted by atomic mass is 10.2. The van der Waals surface area contributed by atoms with Crippen LogP contribution in [0.3, 0.4) is 0 Å². The van der Waals surface area contributed by atoms with E-state index in [9.17, 15) is 9.59 Å². The first-order valence-electron chi connectivity index (χ1n) is 6.28. The summed E-state index contributed by atoms with van der Waals surface area (Å²) in [5, 5.41) is 2.77. The number of rotatable bonds is 6. The van der Waals surface area contributed by atoms with Crippen LogP contribution in [0, 0.1) is 6.92 Å². The lowest BCUT2D eigenvalue weighted by molar-refractivity contribution is -0.145. The third kappa shape index (κ3) is 5.34. The van der Waals surface area contributed by atoms with Crippen LogP contribution in [0.4, 0.5) is 0 Å². The van der Waals surface area contributed by atoms with E-state index in [0.29, 0.717) is 6.04 Å². The molecule has 1 saturated carbocycles. The molecule has 0 saturated heterocycles. The van der Waals surface area contributed by atoms with E-state index in [0.717, 1.165) is 17.7 Å². The molecule has 0 heterocycles. The maximum Gasteiger partial charge on any atom is 0.316 e. The van der Waals surface area contributed by atoms with E-state index in [1.165, 1.54) is 17.3 Å². The van der Waals surface area contributed by atoms with Gasteiger partial charge >= 0.3 is 5.97 Å². The summed E-state index contributed by atoms with van der Waals surface area (Å²) >= 11 is 1.41. The van der Waals surface area contributed by atoms with Gasteiger partial charge in [-0.25, -0.2) is 0 Å². The number of aryl methyl sites for hydroxylation is 1. The SMILES string of the molecule is Cc1ccc(SCC(=O)OCC(=O)NC2CC2)cc1. The number of esters is 1. The van der Waals surface area contributed by atoms with Gasteiger partial charge in [-0.05, 0) is 31.9 Å². The van der Waals surface area contributed by atoms with Crippen molar-refractivity contribution in [3.05, 3.63) is 29.8 Å². The zero-order valence-electron chi connectivity index (χ0n) is 10.8. The summed E-state index contributed by atoms with van der Waals surface area (Å²) in [6.45, 7) is 1.84. The van der Waals surface area contributed by atoms with E-state index in [-0.39, 0.29) is 24.2 Å². The summed E-state index contributed by atoms with van der Waals surface area (Å²) < 4.78 is 4.91. The van der Waals surface area contributed by atoms with E-state index in [1.807, 2.05) is 31.2 Å². The topological polar surface area (TPSA) is 55.4 Å². The number of benzene rings is 1. The van der Waals surface area contributed by atoms with Crippen molar-refractivity contribution in [2.24, 2.45) is 0 Å². The highest BCUT2D eigenvalue weighted by molar-refractivity contribution is 8.00. The van der Waals surface area contributed by atoms with Crippen molar-refractivity contribution in [3.8, 4) is 0 Å². The van der Waals surface area contributed by atoms with Crippen LogP contribution in [-0.4, -0.2) is 30.3 Å². The predicted octanol–water partition coefficient (Wildman–Crippen LogP) is 1.91. The molecule has 1 N–H and O–H groups in total. The lowest BCUT2D eigenvalue weighted by Gasteiger charge is -2.05. The molecule has 1 aromatic carbocycles. The fraction of sp³-hybridized carbons (Fsp3) is 0.429. The first-order chi connectivity index (χ1) is 9.13. The first-order valence-corrected chi connectivity index (χ1v) is 7.26. The van der Waals surface area contributed by atoms with Crippen LogP contribution in [0.1, 0.15) is 18.4 Å². The minimum atomic E-state index is -0.364. The average Bonchev–Trinajstić information content (AvgIpc) is 3.19. The molecule has 0 bridgehead atoms. The van der Waals surface area contributed by atoms with Crippen molar-refractivity contribution >= 4 is 23.6 Å². The van der Waals surface area contributed by atoms with E-state index < -0.39 is 0 Å². The number of amides is 1. The molecule has 1 aliphatic carbocycles. The van der Waals surface area contributed by atoms with Crippen molar-refractivity contribution in [1.82, 2.24) is 5.32 Å². The second-order valence-electron chi connectivity index (χ2n) is 4.60. The van der Waals surface area contributed by atoms with Crippen LogP contribution in [0.15, 0.2) is 29.2 Å². The molecule has 0 aromatic heterocycles. The van der Waals surface area contributed by atoms with Gasteiger partial charge in [-0.2, -0.15) is 0 Å². The third-order valence-corrected chi connectivity index (χ3v) is 3.67. The minimum absolute atomic E-state index is 0.177. The fourth-order valence-corrected chi connectivity index (χ4v) is 2.16. The molecular formula is C14H17NO3S. The average molecular weight is 279 g/mol. The molecule has 102 valence electrons. The van der Waals surface area contributed by atoms with Crippen molar-refractivity contribution in [2.45, 2.75) is 30.7 Å². The second kappa shape index (κ2) is 6.61. The number of thioether (sulfide) groups is 1. The molecule has 0 spiro atoms. The van der Waals surface area contributed by atoms with Gasteiger partial charge in [0.1, 0.15) is 0 Å². The predicted molar refractivity (Wildman–Crippen MR) is 74.0 cm³/mol. The molecule has 1 aromatic rings. The third-order valence-electron chi connectivity index (χ3n) is 2.68. The molecule has 0 radical (unpaired) electrons. The van der Waals surface area contributed by atoms with Crippen LogP contribution >= 0.6 is 11.8 Å². The van der Waals surface area contributed by atoms with E-state index >= 15 is 0 Å². The number of ether oxygens (including phenoxy) is 1. The van der Waals surface area contributed by atoms with Gasteiger partial charge in [0.25, 0.3) is 5.91 Å². The van der Waals surface area contributed by atoms with Crippen LogP contribution in [0.2, 0.25) is 0 Å². The quantitative estimate of drug-likeness (QED) is 0.638. The van der Waals surface area contributed by atoms with Gasteiger partial charge in [0.15, 0.2) is 6.61 Å². The minimum Gasteiger partial charge on any atom is -0.455 e. The highest BCUT2D eigenvalue weighted by Gasteiger charge is 2.23. The fourth-order valence-electron chi connectivity index (χ4n) is 1.46. The van der Waals surface area contributed by atoms with Crippen LogP contribution in [0.5, 0.6) is 0 Å². The Balaban J connectivity index is 1.63. The second-order valence-corrected chi connectivity index (χ2v) is 5.65. The van der Waals surface area contributed by atoms with E-state index in [1.54, 1.807) is 0 Å².